The van der Waals surface area contributed by atoms with Crippen LogP contribution in [0.25, 0.3) is 0 Å². The third kappa shape index (κ3) is 10.5. The summed E-state index contributed by atoms with van der Waals surface area (Å²) in [5.74, 6) is -2.15. The fourth-order valence-corrected chi connectivity index (χ4v) is 7.16. The molecule has 0 bridgehead atoms. The summed E-state index contributed by atoms with van der Waals surface area (Å²) in [7, 11) is 2.72. The zero-order valence-electron chi connectivity index (χ0n) is 35.3. The average Bonchev–Trinajstić information content (AvgIpc) is 3.24. The number of phenolic OH excluding ortho intramolecular Hbond substituents is 10. The van der Waals surface area contributed by atoms with E-state index in [9.17, 15) is 65.4 Å². The smallest absolute Gasteiger partial charge is 0.210 e. The van der Waals surface area contributed by atoms with Gasteiger partial charge in [-0.1, -0.05) is 31.7 Å². The lowest BCUT2D eigenvalue weighted by Gasteiger charge is -2.26. The SMILES string of the molecule is C.COc1cc(C2CC(=O)c3c(O)cc(O)cc3O2)ccc1O.O=C1CC(c2ccc(O)c(O)c2)Oc2cc(O)cc(O)c21.O=C1CC(c2ccc(O)cc2)Oc2cc(O)cc(O)c21.[3H]OC. The number of hydrogen-bond donors (Lipinski definition) is 11. The first-order chi connectivity index (χ1) is 31.4. The molecule has 3 aliphatic rings. The zero-order chi connectivity index (χ0) is 48.0. The second-order valence-corrected chi connectivity index (χ2v) is 14.5. The summed E-state index contributed by atoms with van der Waals surface area (Å²) >= 11 is 0. The van der Waals surface area contributed by atoms with E-state index in [1.165, 1.54) is 68.8 Å². The van der Waals surface area contributed by atoms with E-state index in [-0.39, 0.29) is 141 Å². The number of carbonyl (C=O) groups excluding carboxylic acids is 3. The number of benzene rings is 6. The quantitative estimate of drug-likeness (QED) is 0.0763. The highest BCUT2D eigenvalue weighted by atomic mass is 16.5. The molecule has 0 saturated heterocycles. The molecule has 6 aromatic carbocycles. The lowest BCUT2D eigenvalue weighted by Crippen LogP contribution is -2.20. The van der Waals surface area contributed by atoms with Gasteiger partial charge in [0.25, 0.3) is 0 Å². The Bertz CT molecular complexity index is 2790. The molecule has 0 amide bonds. The van der Waals surface area contributed by atoms with Gasteiger partial charge in [0, 0.05) is 43.5 Å². The van der Waals surface area contributed by atoms with Crippen molar-refractivity contribution in [2.24, 2.45) is 0 Å². The van der Waals surface area contributed by atoms with E-state index >= 15 is 0 Å². The van der Waals surface area contributed by atoms with Gasteiger partial charge in [-0.15, -0.1) is 0 Å². The molecule has 11 N–H and O–H groups in total. The molecular formula is C48H46O18. The summed E-state index contributed by atoms with van der Waals surface area (Å²) in [4.78, 5) is 36.4. The van der Waals surface area contributed by atoms with E-state index < -0.39 is 18.3 Å². The standard InChI is InChI=1S/C16H14O6.C15H12O6.C15H12O5.CH4O.CH4/c1-21-14-4-8(2-3-10(14)18)13-7-12(20)16-11(19)5-9(17)6-15(16)22-13;16-8-4-11(19)15-12(20)6-13(21-14(15)5-8)7-1-2-9(17)10(18)3-7;16-9-3-1-8(2-4-9)13-7-12(19)15-11(18)5-10(17)6-14(15)20-13;1-2;/h2-6,13,17-19H,7H2,1H3;1-5,13,16-19H,6H2;1-6,13,16-18H,7H2;2H,1H3;1H4/i;;;2T;. The molecule has 6 aromatic rings. The van der Waals surface area contributed by atoms with Crippen LogP contribution >= 0.6 is 0 Å². The van der Waals surface area contributed by atoms with E-state index in [0.717, 1.165) is 23.8 Å². The second-order valence-electron chi connectivity index (χ2n) is 14.5. The number of fused-ring (bicyclic) bond motifs is 3. The van der Waals surface area contributed by atoms with Crippen molar-refractivity contribution >= 4 is 17.3 Å². The number of hydrogen-bond acceptors (Lipinski definition) is 18. The maximum atomic E-state index is 12.2. The average molecular weight is 913 g/mol. The van der Waals surface area contributed by atoms with Crippen molar-refractivity contribution in [2.45, 2.75) is 45.0 Å². The van der Waals surface area contributed by atoms with E-state index in [0.29, 0.717) is 11.1 Å². The minimum atomic E-state index is -0.669. The minimum absolute atomic E-state index is 0. The Morgan fingerprint density at radius 3 is 1.18 bits per heavy atom. The van der Waals surface area contributed by atoms with Crippen LogP contribution < -0.4 is 18.9 Å². The number of phenols is 10. The first-order valence-electron chi connectivity index (χ1n) is 19.8. The fraction of sp³-hybridized carbons (Fsp3) is 0.188. The molecule has 18 nitrogen and oxygen atoms in total. The molecule has 9 rings (SSSR count). The summed E-state index contributed by atoms with van der Waals surface area (Å²) in [6.45, 7) is 0. The first kappa shape index (κ1) is 47.0. The fourth-order valence-electron chi connectivity index (χ4n) is 7.16. The molecule has 0 spiro atoms. The van der Waals surface area contributed by atoms with Gasteiger partial charge in [-0.2, -0.15) is 0 Å². The maximum absolute atomic E-state index is 12.2. The monoisotopic (exact) mass is 912 g/mol. The van der Waals surface area contributed by atoms with Crippen LogP contribution in [0.5, 0.6) is 80.5 Å². The highest BCUT2D eigenvalue weighted by molar-refractivity contribution is 6.04. The number of aliphatic hydroxyl groups excluding tert-OH is 1. The van der Waals surface area contributed by atoms with Crippen LogP contribution in [-0.2, 0) is 0 Å². The predicted molar refractivity (Wildman–Crippen MR) is 234 cm³/mol. The van der Waals surface area contributed by atoms with Gasteiger partial charge in [0.1, 0.15) is 92.5 Å². The summed E-state index contributed by atoms with van der Waals surface area (Å²) in [6.07, 6.45) is -1.64. The molecule has 0 aromatic heterocycles. The maximum Gasteiger partial charge on any atom is 0.210 e. The largest absolute Gasteiger partial charge is 0.508 e. The zero-order valence-corrected chi connectivity index (χ0v) is 34.3. The minimum Gasteiger partial charge on any atom is -0.508 e. The first-order valence-corrected chi connectivity index (χ1v) is 19.4. The van der Waals surface area contributed by atoms with Crippen molar-refractivity contribution in [1.82, 2.24) is 0 Å². The summed E-state index contributed by atoms with van der Waals surface area (Å²) in [5.41, 5.74) is 2.10. The molecular weight excluding hydrogens is 865 g/mol. The molecule has 66 heavy (non-hydrogen) atoms. The van der Waals surface area contributed by atoms with Gasteiger partial charge in [-0.05, 0) is 53.1 Å². The molecule has 3 atom stereocenters. The van der Waals surface area contributed by atoms with Crippen molar-refractivity contribution < 1.29 is 89.5 Å². The Labute approximate surface area is 377 Å². The summed E-state index contributed by atoms with van der Waals surface area (Å²) < 4.78 is 27.7. The van der Waals surface area contributed by atoms with Crippen LogP contribution in [0.2, 0.25) is 0 Å². The van der Waals surface area contributed by atoms with Crippen LogP contribution in [0.4, 0.5) is 0 Å². The van der Waals surface area contributed by atoms with Crippen LogP contribution in [0.1, 0.15) is 92.8 Å². The van der Waals surface area contributed by atoms with Gasteiger partial charge in [-0.3, -0.25) is 14.4 Å². The molecule has 3 unspecified atom stereocenters. The van der Waals surface area contributed by atoms with Gasteiger partial charge in [-0.25, -0.2) is 0 Å². The number of carbonyl (C=O) groups is 3. The molecule has 346 valence electrons. The molecule has 0 fully saturated rings. The number of aromatic hydroxyl groups is 10. The Hall–Kier alpha value is -8.51. The van der Waals surface area contributed by atoms with Crippen molar-refractivity contribution in [2.75, 3.05) is 14.2 Å². The van der Waals surface area contributed by atoms with Crippen LogP contribution in [0.15, 0.2) is 97.1 Å². The normalized spacial score (nSPS) is 16.6. The van der Waals surface area contributed by atoms with Crippen molar-refractivity contribution in [3.05, 3.63) is 130 Å². The molecule has 0 saturated carbocycles. The number of rotatable bonds is 4. The van der Waals surface area contributed by atoms with Gasteiger partial charge >= 0.3 is 0 Å². The lowest BCUT2D eigenvalue weighted by atomic mass is 9.95. The molecule has 0 aliphatic carbocycles. The van der Waals surface area contributed by atoms with Crippen LogP contribution in [-0.4, -0.2) is 89.2 Å². The Morgan fingerprint density at radius 2 is 0.803 bits per heavy atom. The van der Waals surface area contributed by atoms with E-state index in [1.807, 2.05) is 0 Å². The number of Topliss-reactive ketones (excluding diaryl/α,β-unsaturated/α-hetero) is 3. The van der Waals surface area contributed by atoms with Crippen molar-refractivity contribution in [3.8, 4) is 80.5 Å². The van der Waals surface area contributed by atoms with Crippen LogP contribution in [0, 0.1) is 0 Å². The third-order valence-corrected chi connectivity index (χ3v) is 10.2. The number of aliphatic hydroxyl groups is 1. The molecule has 0 radical (unpaired) electrons. The second kappa shape index (κ2) is 20.3. The lowest BCUT2D eigenvalue weighted by molar-refractivity contribution is 0.0834. The summed E-state index contributed by atoms with van der Waals surface area (Å²) in [6, 6.07) is 22.3. The van der Waals surface area contributed by atoms with Gasteiger partial charge in [0.15, 0.2) is 40.3 Å². The van der Waals surface area contributed by atoms with E-state index in [1.54, 1.807) is 24.3 Å². The number of methoxy groups -OCH3 is 1. The van der Waals surface area contributed by atoms with Crippen LogP contribution in [0.3, 0.4) is 0 Å². The van der Waals surface area contributed by atoms with Gasteiger partial charge in [0.05, 0.1) is 26.4 Å². The number of ketones is 3. The molecule has 3 aliphatic heterocycles. The van der Waals surface area contributed by atoms with Crippen molar-refractivity contribution in [3.63, 3.8) is 0 Å². The summed E-state index contributed by atoms with van der Waals surface area (Å²) in [5, 5.41) is 98.8. The predicted octanol–water partition coefficient (Wildman–Crippen LogP) is 7.49. The molecule has 3 heterocycles. The Morgan fingerprint density at radius 1 is 0.455 bits per heavy atom. The molecule has 18 heteroatoms. The number of ether oxygens (including phenoxy) is 4. The third-order valence-electron chi connectivity index (χ3n) is 10.2. The van der Waals surface area contributed by atoms with Gasteiger partial charge < -0.3 is 75.1 Å². The highest BCUT2D eigenvalue weighted by Gasteiger charge is 2.33. The van der Waals surface area contributed by atoms with Gasteiger partial charge in [0.2, 0.25) is 1.43 Å². The highest BCUT2D eigenvalue weighted by Crippen LogP contribution is 2.45. The Balaban J connectivity index is 0.000000181. The topological polar surface area (TPSA) is 311 Å². The Kier molecular flexibility index (Phi) is 14.5. The van der Waals surface area contributed by atoms with E-state index in [2.05, 4.69) is 5.11 Å². The van der Waals surface area contributed by atoms with Crippen molar-refractivity contribution in [1.29, 1.82) is 1.43 Å². The van der Waals surface area contributed by atoms with E-state index in [4.69, 9.17) is 20.4 Å².